The lowest BCUT2D eigenvalue weighted by Crippen LogP contribution is -2.23. The van der Waals surface area contributed by atoms with Gasteiger partial charge in [-0.25, -0.2) is 4.98 Å². The second kappa shape index (κ2) is 6.15. The van der Waals surface area contributed by atoms with Crippen molar-refractivity contribution in [2.45, 2.75) is 6.42 Å². The number of rotatable bonds is 5. The second-order valence-corrected chi connectivity index (χ2v) is 4.23. The third-order valence-electron chi connectivity index (χ3n) is 2.12. The van der Waals surface area contributed by atoms with Crippen LogP contribution in [0.5, 0.6) is 0 Å². The van der Waals surface area contributed by atoms with Gasteiger partial charge in [-0.3, -0.25) is 9.89 Å². The normalized spacial score (nSPS) is 10.9. The minimum Gasteiger partial charge on any atom is -0.450 e. The molecule has 0 saturated carbocycles. The first-order valence-corrected chi connectivity index (χ1v) is 6.09. The molecule has 0 saturated heterocycles. The lowest BCUT2D eigenvalue weighted by molar-refractivity contribution is -0.116. The zero-order chi connectivity index (χ0) is 12.8. The second-order valence-electron chi connectivity index (χ2n) is 3.45. The van der Waals surface area contributed by atoms with Gasteiger partial charge < -0.3 is 9.73 Å². The molecule has 0 bridgehead atoms. The number of nitrogens with one attached hydrogen (secondary N) is 2. The van der Waals surface area contributed by atoms with Gasteiger partial charge in [0.25, 0.3) is 0 Å². The molecule has 0 unspecified atom stereocenters. The lowest BCUT2D eigenvalue weighted by Gasteiger charge is -1.98. The van der Waals surface area contributed by atoms with Crippen molar-refractivity contribution in [3.63, 3.8) is 0 Å². The summed E-state index contributed by atoms with van der Waals surface area (Å²) >= 11 is 3.19. The van der Waals surface area contributed by atoms with Crippen LogP contribution in [0.2, 0.25) is 0 Å². The van der Waals surface area contributed by atoms with Crippen molar-refractivity contribution in [1.29, 1.82) is 0 Å². The van der Waals surface area contributed by atoms with Crippen LogP contribution in [0.1, 0.15) is 11.6 Å². The molecule has 0 atom stereocenters. The van der Waals surface area contributed by atoms with Crippen molar-refractivity contribution in [1.82, 2.24) is 20.5 Å². The maximum atomic E-state index is 11.5. The predicted molar refractivity (Wildman–Crippen MR) is 68.5 cm³/mol. The minimum absolute atomic E-state index is 0.179. The van der Waals surface area contributed by atoms with Crippen molar-refractivity contribution in [2.24, 2.45) is 0 Å². The average Bonchev–Trinajstić information content (AvgIpc) is 2.98. The number of nitrogens with zero attached hydrogens (tertiary/aromatic N) is 2. The molecule has 0 radical (unpaired) electrons. The molecule has 94 valence electrons. The SMILES string of the molecule is O=C(/C=C/c1ccc(Br)o1)NCCc1ncn[nH]1. The van der Waals surface area contributed by atoms with Crippen molar-refractivity contribution in [2.75, 3.05) is 6.54 Å². The molecule has 2 heterocycles. The Kier molecular flexibility index (Phi) is 4.30. The summed E-state index contributed by atoms with van der Waals surface area (Å²) < 4.78 is 5.86. The van der Waals surface area contributed by atoms with Gasteiger partial charge in [-0.15, -0.1) is 0 Å². The molecule has 2 rings (SSSR count). The summed E-state index contributed by atoms with van der Waals surface area (Å²) in [5, 5.41) is 9.17. The smallest absolute Gasteiger partial charge is 0.244 e. The van der Waals surface area contributed by atoms with Crippen molar-refractivity contribution in [3.8, 4) is 0 Å². The van der Waals surface area contributed by atoms with E-state index in [1.54, 1.807) is 18.2 Å². The number of amides is 1. The molecule has 7 heteroatoms. The topological polar surface area (TPSA) is 83.8 Å². The van der Waals surface area contributed by atoms with Crippen LogP contribution in [0.25, 0.3) is 6.08 Å². The minimum atomic E-state index is -0.179. The molecule has 2 aromatic heterocycles. The molecule has 6 nitrogen and oxygen atoms in total. The van der Waals surface area contributed by atoms with Crippen LogP contribution < -0.4 is 5.32 Å². The van der Waals surface area contributed by atoms with Crippen LogP contribution in [0, 0.1) is 0 Å². The van der Waals surface area contributed by atoms with Gasteiger partial charge in [0.1, 0.15) is 17.9 Å². The molecule has 0 aliphatic rings. The van der Waals surface area contributed by atoms with E-state index in [1.807, 2.05) is 0 Å². The van der Waals surface area contributed by atoms with Crippen LogP contribution >= 0.6 is 15.9 Å². The fourth-order valence-electron chi connectivity index (χ4n) is 1.29. The highest BCUT2D eigenvalue weighted by Gasteiger charge is 1.99. The molecule has 0 aromatic carbocycles. The number of halogens is 1. The highest BCUT2D eigenvalue weighted by atomic mass is 79.9. The molecule has 0 aliphatic heterocycles. The molecular weight excluding hydrogens is 300 g/mol. The Morgan fingerprint density at radius 1 is 1.56 bits per heavy atom. The fraction of sp³-hybridized carbons (Fsp3) is 0.182. The Bertz CT molecular complexity index is 533. The number of carbonyl (C=O) groups is 1. The Hall–Kier alpha value is -1.89. The van der Waals surface area contributed by atoms with Crippen LogP contribution in [0.3, 0.4) is 0 Å². The van der Waals surface area contributed by atoms with E-state index in [0.717, 1.165) is 5.82 Å². The van der Waals surface area contributed by atoms with Gasteiger partial charge in [0.2, 0.25) is 5.91 Å². The van der Waals surface area contributed by atoms with Gasteiger partial charge in [-0.2, -0.15) is 5.10 Å². The quantitative estimate of drug-likeness (QED) is 0.820. The van der Waals surface area contributed by atoms with E-state index >= 15 is 0 Å². The van der Waals surface area contributed by atoms with E-state index in [2.05, 4.69) is 36.4 Å². The van der Waals surface area contributed by atoms with Crippen LogP contribution in [0.4, 0.5) is 0 Å². The van der Waals surface area contributed by atoms with Gasteiger partial charge in [0.05, 0.1) is 0 Å². The van der Waals surface area contributed by atoms with E-state index in [9.17, 15) is 4.79 Å². The summed E-state index contributed by atoms with van der Waals surface area (Å²) in [6.45, 7) is 0.500. The molecule has 18 heavy (non-hydrogen) atoms. The number of hydrogen-bond donors (Lipinski definition) is 2. The first-order chi connectivity index (χ1) is 8.74. The summed E-state index contributed by atoms with van der Waals surface area (Å²) in [6.07, 6.45) is 5.08. The van der Waals surface area contributed by atoms with Gasteiger partial charge >= 0.3 is 0 Å². The first kappa shape index (κ1) is 12.6. The number of hydrogen-bond acceptors (Lipinski definition) is 4. The Balaban J connectivity index is 1.73. The van der Waals surface area contributed by atoms with Crippen LogP contribution in [-0.2, 0) is 11.2 Å². The lowest BCUT2D eigenvalue weighted by atomic mass is 10.3. The number of furan rings is 1. The number of H-pyrrole nitrogens is 1. The highest BCUT2D eigenvalue weighted by molar-refractivity contribution is 9.10. The Morgan fingerprint density at radius 3 is 3.11 bits per heavy atom. The fourth-order valence-corrected chi connectivity index (χ4v) is 1.61. The summed E-state index contributed by atoms with van der Waals surface area (Å²) in [5.41, 5.74) is 0. The number of carbonyl (C=O) groups excluding carboxylic acids is 1. The average molecular weight is 311 g/mol. The zero-order valence-electron chi connectivity index (χ0n) is 9.39. The van der Waals surface area contributed by atoms with Gasteiger partial charge in [0.15, 0.2) is 4.67 Å². The Labute approximate surface area is 112 Å². The van der Waals surface area contributed by atoms with E-state index in [-0.39, 0.29) is 5.91 Å². The van der Waals surface area contributed by atoms with Crippen molar-refractivity contribution >= 4 is 27.9 Å². The maximum Gasteiger partial charge on any atom is 0.244 e. The molecule has 0 aliphatic carbocycles. The third kappa shape index (κ3) is 3.85. The van der Waals surface area contributed by atoms with Crippen LogP contribution in [0.15, 0.2) is 33.6 Å². The Morgan fingerprint density at radius 2 is 2.44 bits per heavy atom. The summed E-state index contributed by atoms with van der Waals surface area (Å²) in [4.78, 5) is 15.4. The molecule has 2 aromatic rings. The third-order valence-corrected chi connectivity index (χ3v) is 2.55. The van der Waals surface area contributed by atoms with E-state index < -0.39 is 0 Å². The van der Waals surface area contributed by atoms with E-state index in [4.69, 9.17) is 4.42 Å². The molecule has 0 fully saturated rings. The summed E-state index contributed by atoms with van der Waals surface area (Å²) in [7, 11) is 0. The number of aromatic amines is 1. The van der Waals surface area contributed by atoms with Gasteiger partial charge in [0, 0.05) is 19.0 Å². The number of aromatic nitrogens is 3. The molecule has 1 amide bonds. The maximum absolute atomic E-state index is 11.5. The summed E-state index contributed by atoms with van der Waals surface area (Å²) in [6, 6.07) is 3.53. The van der Waals surface area contributed by atoms with Gasteiger partial charge in [-0.05, 0) is 34.1 Å². The monoisotopic (exact) mass is 310 g/mol. The standard InChI is InChI=1S/C11H11BrN4O2/c12-9-3-1-8(18-9)2-4-11(17)13-6-5-10-14-7-15-16-10/h1-4,7H,5-6H2,(H,13,17)(H,14,15,16)/b4-2+. The molecule has 2 N–H and O–H groups in total. The van der Waals surface area contributed by atoms with Gasteiger partial charge in [-0.1, -0.05) is 0 Å². The zero-order valence-corrected chi connectivity index (χ0v) is 11.0. The predicted octanol–water partition coefficient (Wildman–Crippen LogP) is 1.53. The van der Waals surface area contributed by atoms with Crippen molar-refractivity contribution in [3.05, 3.63) is 40.8 Å². The highest BCUT2D eigenvalue weighted by Crippen LogP contribution is 2.14. The van der Waals surface area contributed by atoms with Crippen LogP contribution in [-0.4, -0.2) is 27.6 Å². The largest absolute Gasteiger partial charge is 0.450 e. The first-order valence-electron chi connectivity index (χ1n) is 5.29. The van der Waals surface area contributed by atoms with Crippen molar-refractivity contribution < 1.29 is 9.21 Å². The molecule has 0 spiro atoms. The summed E-state index contributed by atoms with van der Waals surface area (Å²) in [5.74, 6) is 1.18. The van der Waals surface area contributed by atoms with E-state index in [0.29, 0.717) is 23.4 Å². The van der Waals surface area contributed by atoms with E-state index in [1.165, 1.54) is 12.4 Å². The molecular formula is C11H11BrN4O2.